The van der Waals surface area contributed by atoms with Gasteiger partial charge in [0.05, 0.1) is 39.5 Å². The molecule has 24 heavy (non-hydrogen) atoms. The lowest BCUT2D eigenvalue weighted by Crippen LogP contribution is -3.13. The summed E-state index contributed by atoms with van der Waals surface area (Å²) < 4.78 is 5.36. The van der Waals surface area contributed by atoms with E-state index in [1.807, 2.05) is 30.5 Å². The second-order valence-corrected chi connectivity index (χ2v) is 6.35. The first-order valence-electron chi connectivity index (χ1n) is 8.55. The molecule has 0 saturated carbocycles. The molecule has 4 heteroatoms. The first-order chi connectivity index (χ1) is 11.7. The van der Waals surface area contributed by atoms with E-state index < -0.39 is 0 Å². The minimum Gasteiger partial charge on any atom is -0.496 e. The van der Waals surface area contributed by atoms with E-state index in [-0.39, 0.29) is 0 Å². The Morgan fingerprint density at radius 2 is 1.79 bits per heavy atom. The van der Waals surface area contributed by atoms with E-state index >= 15 is 0 Å². The molecule has 0 atom stereocenters. The van der Waals surface area contributed by atoms with Gasteiger partial charge in [-0.3, -0.25) is 5.01 Å². The summed E-state index contributed by atoms with van der Waals surface area (Å²) in [6, 6.07) is 16.9. The maximum absolute atomic E-state index is 5.36. The quantitative estimate of drug-likeness (QED) is 0.849. The first kappa shape index (κ1) is 16.5. The van der Waals surface area contributed by atoms with E-state index in [0.717, 1.165) is 44.0 Å². The molecule has 1 fully saturated rings. The van der Waals surface area contributed by atoms with Crippen molar-refractivity contribution in [3.05, 3.63) is 65.2 Å². The molecular weight excluding hydrogens is 298 g/mol. The Morgan fingerprint density at radius 3 is 2.50 bits per heavy atom. The summed E-state index contributed by atoms with van der Waals surface area (Å²) in [5, 5.41) is 6.79. The molecule has 2 aromatic carbocycles. The average Bonchev–Trinajstić information content (AvgIpc) is 2.63. The number of ether oxygens (including phenoxy) is 1. The van der Waals surface area contributed by atoms with Gasteiger partial charge in [-0.25, -0.2) is 0 Å². The van der Waals surface area contributed by atoms with E-state index in [1.54, 1.807) is 12.0 Å². The molecule has 0 unspecified atom stereocenters. The van der Waals surface area contributed by atoms with Crippen LogP contribution in [-0.4, -0.2) is 44.5 Å². The molecule has 3 rings (SSSR count). The standard InChI is InChI=1S/C20H25N3O/c1-17-7-9-18(10-8-17)16-22-11-13-23(14-12-22)21-15-19-5-3-4-6-20(19)24-2/h3-10,15H,11-14,16H2,1-2H3/p+1/b21-15+. The van der Waals surface area contributed by atoms with Gasteiger partial charge >= 0.3 is 0 Å². The number of para-hydroxylation sites is 1. The van der Waals surface area contributed by atoms with Gasteiger partial charge in [-0.05, 0) is 19.1 Å². The van der Waals surface area contributed by atoms with Gasteiger partial charge in [-0.1, -0.05) is 42.0 Å². The second-order valence-electron chi connectivity index (χ2n) is 6.35. The van der Waals surface area contributed by atoms with Crippen LogP contribution in [0.1, 0.15) is 16.7 Å². The summed E-state index contributed by atoms with van der Waals surface area (Å²) >= 11 is 0. The highest BCUT2D eigenvalue weighted by atomic mass is 16.5. The number of methoxy groups -OCH3 is 1. The molecule has 0 bridgehead atoms. The van der Waals surface area contributed by atoms with Gasteiger partial charge in [0, 0.05) is 11.1 Å². The van der Waals surface area contributed by atoms with E-state index in [1.165, 1.54) is 11.1 Å². The van der Waals surface area contributed by atoms with Gasteiger partial charge in [0.25, 0.3) is 0 Å². The van der Waals surface area contributed by atoms with Gasteiger partial charge in [0.1, 0.15) is 12.3 Å². The maximum atomic E-state index is 5.36. The minimum absolute atomic E-state index is 0.866. The summed E-state index contributed by atoms with van der Waals surface area (Å²) in [6.45, 7) is 7.47. The fourth-order valence-corrected chi connectivity index (χ4v) is 3.01. The van der Waals surface area contributed by atoms with Crippen LogP contribution >= 0.6 is 0 Å². The Morgan fingerprint density at radius 1 is 1.08 bits per heavy atom. The Hall–Kier alpha value is -2.33. The average molecular weight is 324 g/mol. The number of rotatable bonds is 5. The third kappa shape index (κ3) is 4.36. The zero-order valence-corrected chi connectivity index (χ0v) is 14.5. The van der Waals surface area contributed by atoms with Crippen molar-refractivity contribution in [3.63, 3.8) is 0 Å². The highest BCUT2D eigenvalue weighted by molar-refractivity contribution is 5.83. The van der Waals surface area contributed by atoms with Crippen molar-refractivity contribution in [1.82, 2.24) is 5.01 Å². The summed E-state index contributed by atoms with van der Waals surface area (Å²) in [7, 11) is 1.69. The Bertz CT molecular complexity index is 674. The smallest absolute Gasteiger partial charge is 0.127 e. The van der Waals surface area contributed by atoms with Gasteiger partial charge in [-0.15, -0.1) is 0 Å². The van der Waals surface area contributed by atoms with E-state index in [9.17, 15) is 0 Å². The van der Waals surface area contributed by atoms with E-state index in [2.05, 4.69) is 41.3 Å². The molecule has 1 N–H and O–H groups in total. The van der Waals surface area contributed by atoms with Crippen molar-refractivity contribution in [2.45, 2.75) is 13.5 Å². The van der Waals surface area contributed by atoms with Crippen molar-refractivity contribution in [1.29, 1.82) is 0 Å². The molecule has 1 aliphatic rings. The monoisotopic (exact) mass is 324 g/mol. The van der Waals surface area contributed by atoms with Crippen LogP contribution in [0.3, 0.4) is 0 Å². The zero-order valence-electron chi connectivity index (χ0n) is 14.5. The number of hydrazone groups is 1. The third-order valence-electron chi connectivity index (χ3n) is 4.52. The zero-order chi connectivity index (χ0) is 16.8. The maximum Gasteiger partial charge on any atom is 0.127 e. The third-order valence-corrected chi connectivity index (χ3v) is 4.52. The topological polar surface area (TPSA) is 29.3 Å². The normalized spacial score (nSPS) is 15.8. The molecule has 0 aromatic heterocycles. The van der Waals surface area contributed by atoms with Crippen LogP contribution in [0, 0.1) is 6.92 Å². The molecule has 0 aliphatic carbocycles. The minimum atomic E-state index is 0.866. The van der Waals surface area contributed by atoms with Gasteiger partial charge < -0.3 is 9.64 Å². The molecule has 0 spiro atoms. The largest absolute Gasteiger partial charge is 0.496 e. The van der Waals surface area contributed by atoms with Crippen molar-refractivity contribution in [3.8, 4) is 5.75 Å². The highest BCUT2D eigenvalue weighted by Crippen LogP contribution is 2.14. The Kier molecular flexibility index (Phi) is 5.49. The number of hydrogen-bond acceptors (Lipinski definition) is 3. The number of hydrogen-bond donors (Lipinski definition) is 1. The predicted octanol–water partition coefficient (Wildman–Crippen LogP) is 1.74. The molecule has 0 amide bonds. The molecule has 1 heterocycles. The summed E-state index contributed by atoms with van der Waals surface area (Å²) in [4.78, 5) is 1.63. The number of quaternary nitrogens is 1. The van der Waals surface area contributed by atoms with Crippen LogP contribution in [0.15, 0.2) is 53.6 Å². The van der Waals surface area contributed by atoms with Crippen LogP contribution in [0.4, 0.5) is 0 Å². The molecular formula is C20H26N3O+. The van der Waals surface area contributed by atoms with Gasteiger partial charge in [0.2, 0.25) is 0 Å². The molecule has 0 radical (unpaired) electrons. The number of aryl methyl sites for hydroxylation is 1. The number of nitrogens with one attached hydrogen (secondary N) is 1. The summed E-state index contributed by atoms with van der Waals surface area (Å²) in [5.41, 5.74) is 3.76. The summed E-state index contributed by atoms with van der Waals surface area (Å²) in [6.07, 6.45) is 1.91. The summed E-state index contributed by atoms with van der Waals surface area (Å²) in [5.74, 6) is 0.866. The van der Waals surface area contributed by atoms with Crippen LogP contribution in [-0.2, 0) is 6.54 Å². The lowest BCUT2D eigenvalue weighted by atomic mass is 10.1. The fourth-order valence-electron chi connectivity index (χ4n) is 3.01. The van der Waals surface area contributed by atoms with E-state index in [0.29, 0.717) is 0 Å². The predicted molar refractivity (Wildman–Crippen MR) is 97.7 cm³/mol. The molecule has 4 nitrogen and oxygen atoms in total. The lowest BCUT2D eigenvalue weighted by molar-refractivity contribution is -0.918. The van der Waals surface area contributed by atoms with Gasteiger partial charge in [-0.2, -0.15) is 5.10 Å². The number of nitrogens with zero attached hydrogens (tertiary/aromatic N) is 2. The fraction of sp³-hybridized carbons (Fsp3) is 0.350. The van der Waals surface area contributed by atoms with Crippen molar-refractivity contribution in [2.24, 2.45) is 5.10 Å². The molecule has 2 aromatic rings. The lowest BCUT2D eigenvalue weighted by Gasteiger charge is -2.30. The van der Waals surface area contributed by atoms with Crippen molar-refractivity contribution < 1.29 is 9.64 Å². The molecule has 1 aliphatic heterocycles. The molecule has 1 saturated heterocycles. The van der Waals surface area contributed by atoms with Crippen LogP contribution in [0.25, 0.3) is 0 Å². The van der Waals surface area contributed by atoms with Crippen molar-refractivity contribution >= 4 is 6.21 Å². The van der Waals surface area contributed by atoms with Crippen molar-refractivity contribution in [2.75, 3.05) is 33.3 Å². The Balaban J connectivity index is 1.51. The highest BCUT2D eigenvalue weighted by Gasteiger charge is 2.18. The number of benzene rings is 2. The van der Waals surface area contributed by atoms with Crippen LogP contribution in [0.5, 0.6) is 5.75 Å². The van der Waals surface area contributed by atoms with Crippen LogP contribution < -0.4 is 9.64 Å². The molecule has 126 valence electrons. The second kappa shape index (κ2) is 7.97. The number of piperazine rings is 1. The van der Waals surface area contributed by atoms with Crippen LogP contribution in [0.2, 0.25) is 0 Å². The van der Waals surface area contributed by atoms with E-state index in [4.69, 9.17) is 4.74 Å². The SMILES string of the molecule is COc1ccccc1/C=N/N1CC[NH+](Cc2ccc(C)cc2)CC1. The van der Waals surface area contributed by atoms with Gasteiger partial charge in [0.15, 0.2) is 0 Å². The first-order valence-corrected chi connectivity index (χ1v) is 8.55. The Labute approximate surface area is 144 Å².